The Balaban J connectivity index is 2.03. The molecule has 0 aromatic heterocycles. The van der Waals surface area contributed by atoms with Crippen molar-refractivity contribution in [1.82, 2.24) is 5.32 Å². The first-order valence-electron chi connectivity index (χ1n) is 8.91. The van der Waals surface area contributed by atoms with Crippen LogP contribution in [-0.4, -0.2) is 20.9 Å². The Morgan fingerprint density at radius 2 is 1.56 bits per heavy atom. The quantitative estimate of drug-likeness (QED) is 0.824. The first-order chi connectivity index (χ1) is 12.4. The molecule has 0 aliphatic rings. The molecule has 0 saturated heterocycles. The number of primary sulfonamides is 1. The lowest BCUT2D eigenvalue weighted by Crippen LogP contribution is -2.26. The Bertz CT molecular complexity index is 917. The highest BCUT2D eigenvalue weighted by Gasteiger charge is 2.16. The fraction of sp³-hybridized carbons (Fsp3) is 0.381. The summed E-state index contributed by atoms with van der Waals surface area (Å²) < 4.78 is 22.5. The van der Waals surface area contributed by atoms with E-state index in [0.717, 1.165) is 6.42 Å². The second-order valence-corrected chi connectivity index (χ2v) is 9.48. The summed E-state index contributed by atoms with van der Waals surface area (Å²) in [6, 6.07) is 10.0. The van der Waals surface area contributed by atoms with Crippen LogP contribution in [0.1, 0.15) is 53.4 Å². The van der Waals surface area contributed by atoms with Gasteiger partial charge >= 0.3 is 0 Å². The van der Waals surface area contributed by atoms with Gasteiger partial charge in [-0.05, 0) is 72.2 Å². The van der Waals surface area contributed by atoms with Gasteiger partial charge in [0.1, 0.15) is 0 Å². The molecule has 3 N–H and O–H groups in total. The number of amides is 1. The minimum atomic E-state index is -3.75. The minimum absolute atomic E-state index is 0.00997. The molecule has 2 aromatic carbocycles. The van der Waals surface area contributed by atoms with Crippen molar-refractivity contribution < 1.29 is 13.2 Å². The standard InChI is InChI=1S/C21H28N2O3S/c1-14-12-17(21(3,4)5)13-15(2)19(14)10-11-23-20(24)16-6-8-18(9-7-16)27(22,25)26/h6-9,12-13H,10-11H2,1-5H3,(H,23,24)(H2,22,25,26). The van der Waals surface area contributed by atoms with E-state index in [9.17, 15) is 13.2 Å². The maximum Gasteiger partial charge on any atom is 0.251 e. The molecule has 0 aliphatic heterocycles. The van der Waals surface area contributed by atoms with E-state index in [1.807, 2.05) is 0 Å². The third kappa shape index (κ3) is 5.40. The molecule has 1 amide bonds. The van der Waals surface area contributed by atoms with Crippen LogP contribution in [0.3, 0.4) is 0 Å². The second kappa shape index (κ2) is 7.82. The van der Waals surface area contributed by atoms with Gasteiger partial charge in [0, 0.05) is 12.1 Å². The van der Waals surface area contributed by atoms with Crippen LogP contribution in [0.15, 0.2) is 41.3 Å². The monoisotopic (exact) mass is 388 g/mol. The third-order valence-electron chi connectivity index (χ3n) is 4.67. The molecule has 2 aromatic rings. The normalized spacial score (nSPS) is 12.1. The van der Waals surface area contributed by atoms with Crippen molar-refractivity contribution in [3.8, 4) is 0 Å². The maximum atomic E-state index is 12.3. The van der Waals surface area contributed by atoms with E-state index in [-0.39, 0.29) is 16.2 Å². The SMILES string of the molecule is Cc1cc(C(C)(C)C)cc(C)c1CCNC(=O)c1ccc(S(N)(=O)=O)cc1. The van der Waals surface area contributed by atoms with Crippen molar-refractivity contribution in [2.45, 2.75) is 51.3 Å². The lowest BCUT2D eigenvalue weighted by Gasteiger charge is -2.22. The minimum Gasteiger partial charge on any atom is -0.352 e. The molecule has 0 heterocycles. The van der Waals surface area contributed by atoms with E-state index in [2.05, 4.69) is 52.1 Å². The molecule has 2 rings (SSSR count). The van der Waals surface area contributed by atoms with E-state index in [0.29, 0.717) is 12.1 Å². The smallest absolute Gasteiger partial charge is 0.251 e. The van der Waals surface area contributed by atoms with Crippen molar-refractivity contribution in [3.63, 3.8) is 0 Å². The van der Waals surface area contributed by atoms with E-state index in [4.69, 9.17) is 5.14 Å². The fourth-order valence-electron chi connectivity index (χ4n) is 3.02. The van der Waals surface area contributed by atoms with Crippen LogP contribution in [0, 0.1) is 13.8 Å². The lowest BCUT2D eigenvalue weighted by atomic mass is 9.83. The molecular formula is C21H28N2O3S. The van der Waals surface area contributed by atoms with Crippen molar-refractivity contribution in [1.29, 1.82) is 0 Å². The van der Waals surface area contributed by atoms with Gasteiger partial charge in [0.15, 0.2) is 0 Å². The molecular weight excluding hydrogens is 360 g/mol. The number of sulfonamides is 1. The molecule has 27 heavy (non-hydrogen) atoms. The first-order valence-corrected chi connectivity index (χ1v) is 10.5. The van der Waals surface area contributed by atoms with E-state index >= 15 is 0 Å². The number of carbonyl (C=O) groups is 1. The van der Waals surface area contributed by atoms with Crippen LogP contribution >= 0.6 is 0 Å². The van der Waals surface area contributed by atoms with Gasteiger partial charge in [-0.1, -0.05) is 32.9 Å². The van der Waals surface area contributed by atoms with Crippen LogP contribution in [0.2, 0.25) is 0 Å². The molecule has 0 unspecified atom stereocenters. The van der Waals surface area contributed by atoms with Gasteiger partial charge in [0.25, 0.3) is 5.91 Å². The van der Waals surface area contributed by atoms with Gasteiger partial charge in [-0.25, -0.2) is 13.6 Å². The Labute approximate surface area is 162 Å². The topological polar surface area (TPSA) is 89.3 Å². The molecule has 0 radical (unpaired) electrons. The number of nitrogens with two attached hydrogens (primary N) is 1. The van der Waals surface area contributed by atoms with E-state index in [1.165, 1.54) is 46.5 Å². The highest BCUT2D eigenvalue weighted by Crippen LogP contribution is 2.27. The molecule has 0 spiro atoms. The van der Waals surface area contributed by atoms with Crippen LogP contribution in [-0.2, 0) is 21.9 Å². The number of rotatable bonds is 5. The predicted molar refractivity (Wildman–Crippen MR) is 108 cm³/mol. The van der Waals surface area contributed by atoms with Crippen molar-refractivity contribution >= 4 is 15.9 Å². The van der Waals surface area contributed by atoms with Gasteiger partial charge in [-0.2, -0.15) is 0 Å². The van der Waals surface area contributed by atoms with E-state index < -0.39 is 10.0 Å². The summed E-state index contributed by atoms with van der Waals surface area (Å²) in [5.74, 6) is -0.238. The zero-order valence-electron chi connectivity index (χ0n) is 16.6. The Morgan fingerprint density at radius 3 is 2.00 bits per heavy atom. The molecule has 146 valence electrons. The van der Waals surface area contributed by atoms with Crippen LogP contribution in [0.4, 0.5) is 0 Å². The van der Waals surface area contributed by atoms with Crippen molar-refractivity contribution in [3.05, 3.63) is 64.2 Å². The van der Waals surface area contributed by atoms with Gasteiger partial charge in [0.2, 0.25) is 10.0 Å². The number of hydrogen-bond donors (Lipinski definition) is 2. The summed E-state index contributed by atoms with van der Waals surface area (Å²) in [6.45, 7) is 11.3. The average molecular weight is 389 g/mol. The number of carbonyl (C=O) groups excluding carboxylic acids is 1. The molecule has 0 fully saturated rings. The van der Waals surface area contributed by atoms with Gasteiger partial charge < -0.3 is 5.32 Å². The second-order valence-electron chi connectivity index (χ2n) is 7.91. The number of aryl methyl sites for hydroxylation is 2. The van der Waals surface area contributed by atoms with Crippen molar-refractivity contribution in [2.24, 2.45) is 5.14 Å². The Morgan fingerprint density at radius 1 is 1.04 bits per heavy atom. The van der Waals surface area contributed by atoms with Gasteiger partial charge in [-0.15, -0.1) is 0 Å². The zero-order valence-corrected chi connectivity index (χ0v) is 17.4. The summed E-state index contributed by atoms with van der Waals surface area (Å²) in [7, 11) is -3.75. The third-order valence-corrected chi connectivity index (χ3v) is 5.60. The molecule has 0 aliphatic carbocycles. The highest BCUT2D eigenvalue weighted by molar-refractivity contribution is 7.89. The summed E-state index contributed by atoms with van der Waals surface area (Å²) in [6.07, 6.45) is 0.739. The first kappa shape index (κ1) is 21.1. The van der Waals surface area contributed by atoms with Crippen LogP contribution < -0.4 is 10.5 Å². The molecule has 0 saturated carbocycles. The summed E-state index contributed by atoms with van der Waals surface area (Å²) in [5.41, 5.74) is 5.51. The molecule has 5 nitrogen and oxygen atoms in total. The number of nitrogens with one attached hydrogen (secondary N) is 1. The van der Waals surface area contributed by atoms with Crippen LogP contribution in [0.5, 0.6) is 0 Å². The van der Waals surface area contributed by atoms with Crippen LogP contribution in [0.25, 0.3) is 0 Å². The maximum absolute atomic E-state index is 12.3. The number of benzene rings is 2. The summed E-state index contributed by atoms with van der Waals surface area (Å²) in [4.78, 5) is 12.2. The fourth-order valence-corrected chi connectivity index (χ4v) is 3.54. The molecule has 0 bridgehead atoms. The summed E-state index contributed by atoms with van der Waals surface area (Å²) in [5, 5.41) is 7.95. The van der Waals surface area contributed by atoms with E-state index in [1.54, 1.807) is 0 Å². The Hall–Kier alpha value is -2.18. The van der Waals surface area contributed by atoms with Crippen molar-refractivity contribution in [2.75, 3.05) is 6.54 Å². The Kier molecular flexibility index (Phi) is 6.12. The predicted octanol–water partition coefficient (Wildman–Crippen LogP) is 3.22. The molecule has 6 heteroatoms. The summed E-state index contributed by atoms with van der Waals surface area (Å²) >= 11 is 0. The highest BCUT2D eigenvalue weighted by atomic mass is 32.2. The zero-order chi connectivity index (χ0) is 20.4. The lowest BCUT2D eigenvalue weighted by molar-refractivity contribution is 0.0954. The van der Waals surface area contributed by atoms with Gasteiger partial charge in [0.05, 0.1) is 4.90 Å². The largest absolute Gasteiger partial charge is 0.352 e. The van der Waals surface area contributed by atoms with Gasteiger partial charge in [-0.3, -0.25) is 4.79 Å². The number of hydrogen-bond acceptors (Lipinski definition) is 3. The molecule has 0 atom stereocenters. The average Bonchev–Trinajstić information content (AvgIpc) is 2.55.